The predicted molar refractivity (Wildman–Crippen MR) is 135 cm³/mol. The van der Waals surface area contributed by atoms with Crippen molar-refractivity contribution in [2.45, 2.75) is 63.3 Å². The summed E-state index contributed by atoms with van der Waals surface area (Å²) < 4.78 is 12.7. The minimum atomic E-state index is -0.407. The van der Waals surface area contributed by atoms with Crippen molar-refractivity contribution in [1.82, 2.24) is 4.98 Å². The van der Waals surface area contributed by atoms with Crippen LogP contribution in [0.15, 0.2) is 54.9 Å². The molecule has 3 aromatic rings. The highest BCUT2D eigenvalue weighted by Crippen LogP contribution is 2.53. The quantitative estimate of drug-likeness (QED) is 0.273. The van der Waals surface area contributed by atoms with E-state index in [0.29, 0.717) is 29.2 Å². The molecular formula is C28H27Cl2NO3. The van der Waals surface area contributed by atoms with Gasteiger partial charge in [0, 0.05) is 40.0 Å². The van der Waals surface area contributed by atoms with Crippen LogP contribution >= 0.6 is 23.2 Å². The maximum absolute atomic E-state index is 10.9. The Labute approximate surface area is 210 Å². The normalized spacial score (nSPS) is 17.3. The summed E-state index contributed by atoms with van der Waals surface area (Å²) in [6.45, 7) is 2.31. The van der Waals surface area contributed by atoms with Crippen LogP contribution in [-0.4, -0.2) is 17.4 Å². The molecule has 1 aromatic heterocycles. The van der Waals surface area contributed by atoms with Gasteiger partial charge in [-0.2, -0.15) is 0 Å². The highest BCUT2D eigenvalue weighted by atomic mass is 35.5. The van der Waals surface area contributed by atoms with E-state index in [2.05, 4.69) is 11.1 Å². The van der Waals surface area contributed by atoms with Gasteiger partial charge >= 0.3 is 0 Å². The fourth-order valence-electron chi connectivity index (χ4n) is 4.33. The molecule has 2 aliphatic carbocycles. The molecule has 4 nitrogen and oxygen atoms in total. The fraction of sp³-hybridized carbons (Fsp3) is 0.357. The zero-order chi connectivity index (χ0) is 23.7. The summed E-state index contributed by atoms with van der Waals surface area (Å²) in [5, 5.41) is 1.21. The third-order valence-corrected chi connectivity index (χ3v) is 7.34. The van der Waals surface area contributed by atoms with Gasteiger partial charge in [0.05, 0.1) is 18.3 Å². The van der Waals surface area contributed by atoms with Crippen LogP contribution in [0.3, 0.4) is 0 Å². The van der Waals surface area contributed by atoms with Crippen LogP contribution in [0.2, 0.25) is 10.0 Å². The molecule has 0 saturated heterocycles. The number of carbonyl (C=O) groups excluding carboxylic acids is 1. The number of aromatic nitrogens is 1. The molecule has 5 rings (SSSR count). The average molecular weight is 496 g/mol. The van der Waals surface area contributed by atoms with Gasteiger partial charge in [0.1, 0.15) is 12.0 Å². The summed E-state index contributed by atoms with van der Waals surface area (Å²) in [4.78, 5) is 15.3. The number of hydrogen-bond donors (Lipinski definition) is 0. The molecule has 2 fully saturated rings. The largest absolute Gasteiger partial charge is 0.490 e. The number of hydrogen-bond acceptors (Lipinski definition) is 4. The summed E-state index contributed by atoms with van der Waals surface area (Å²) in [7, 11) is 0. The lowest BCUT2D eigenvalue weighted by molar-refractivity contribution is -0.108. The molecule has 1 heterocycles. The van der Waals surface area contributed by atoms with Gasteiger partial charge in [-0.1, -0.05) is 48.3 Å². The highest BCUT2D eigenvalue weighted by molar-refractivity contribution is 6.34. The number of halogens is 2. The SMILES string of the molecule is CC(CC=O)c1cc(Cl)c(COC2(c3cnccc3-c3ccccc3OC3CC3)CC2)cc1Cl. The molecule has 0 aliphatic heterocycles. The van der Waals surface area contributed by atoms with Crippen molar-refractivity contribution in [2.24, 2.45) is 0 Å². The van der Waals surface area contributed by atoms with E-state index in [1.54, 1.807) is 0 Å². The first kappa shape index (κ1) is 23.3. The third-order valence-electron chi connectivity index (χ3n) is 6.66. The number of nitrogens with zero attached hydrogens (tertiary/aromatic N) is 1. The van der Waals surface area contributed by atoms with Gasteiger partial charge in [-0.05, 0) is 72.6 Å². The minimum absolute atomic E-state index is 0.0168. The van der Waals surface area contributed by atoms with Crippen LogP contribution in [-0.2, 0) is 21.7 Å². The molecule has 0 spiro atoms. The molecule has 1 atom stereocenters. The number of pyridine rings is 1. The molecule has 2 aliphatic rings. The molecule has 2 saturated carbocycles. The first-order valence-corrected chi connectivity index (χ1v) is 12.5. The van der Waals surface area contributed by atoms with Crippen LogP contribution in [0.1, 0.15) is 61.6 Å². The molecule has 2 aromatic carbocycles. The number of para-hydroxylation sites is 1. The standard InChI is InChI=1S/C28H27Cl2NO3/c1-18(9-13-32)23-15-25(29)19(14-26(23)30)17-33-28(10-11-28)24-16-31-12-8-21(24)22-4-2-3-5-27(22)34-20-6-7-20/h2-5,8,12-16,18,20H,6-7,9-11,17H2,1H3. The molecular weight excluding hydrogens is 469 g/mol. The Balaban J connectivity index is 1.40. The van der Waals surface area contributed by atoms with Crippen LogP contribution in [0.25, 0.3) is 11.1 Å². The van der Waals surface area contributed by atoms with E-state index in [9.17, 15) is 4.79 Å². The number of ether oxygens (including phenoxy) is 2. The Bertz CT molecular complexity index is 1200. The van der Waals surface area contributed by atoms with E-state index in [1.165, 1.54) is 0 Å². The first-order chi connectivity index (χ1) is 16.5. The van der Waals surface area contributed by atoms with Gasteiger partial charge in [0.15, 0.2) is 0 Å². The van der Waals surface area contributed by atoms with E-state index in [1.807, 2.05) is 55.7 Å². The lowest BCUT2D eigenvalue weighted by Crippen LogP contribution is -2.14. The maximum Gasteiger partial charge on any atom is 0.127 e. The minimum Gasteiger partial charge on any atom is -0.490 e. The lowest BCUT2D eigenvalue weighted by atomic mass is 9.96. The second-order valence-electron chi connectivity index (χ2n) is 9.29. The zero-order valence-electron chi connectivity index (χ0n) is 19.1. The topological polar surface area (TPSA) is 48.4 Å². The van der Waals surface area contributed by atoms with Crippen molar-refractivity contribution in [3.8, 4) is 16.9 Å². The number of rotatable bonds is 10. The second kappa shape index (κ2) is 9.69. The molecule has 0 bridgehead atoms. The van der Waals surface area contributed by atoms with Crippen molar-refractivity contribution in [3.05, 3.63) is 81.6 Å². The summed E-state index contributed by atoms with van der Waals surface area (Å²) >= 11 is 13.1. The first-order valence-electron chi connectivity index (χ1n) is 11.8. The van der Waals surface area contributed by atoms with Crippen LogP contribution in [0.5, 0.6) is 5.75 Å². The van der Waals surface area contributed by atoms with Crippen molar-refractivity contribution in [1.29, 1.82) is 0 Å². The van der Waals surface area contributed by atoms with Gasteiger partial charge in [-0.3, -0.25) is 4.98 Å². The zero-order valence-corrected chi connectivity index (χ0v) is 20.6. The Kier molecular flexibility index (Phi) is 6.65. The van der Waals surface area contributed by atoms with Gasteiger partial charge in [0.25, 0.3) is 0 Å². The second-order valence-corrected chi connectivity index (χ2v) is 10.1. The van der Waals surface area contributed by atoms with Gasteiger partial charge in [0.2, 0.25) is 0 Å². The maximum atomic E-state index is 10.9. The molecule has 0 radical (unpaired) electrons. The third kappa shape index (κ3) is 4.86. The fourth-order valence-corrected chi connectivity index (χ4v) is 4.93. The molecule has 6 heteroatoms. The van der Waals surface area contributed by atoms with E-state index in [0.717, 1.165) is 65.5 Å². The van der Waals surface area contributed by atoms with E-state index in [-0.39, 0.29) is 5.92 Å². The van der Waals surface area contributed by atoms with Crippen LogP contribution in [0, 0.1) is 0 Å². The van der Waals surface area contributed by atoms with E-state index in [4.69, 9.17) is 32.7 Å². The van der Waals surface area contributed by atoms with E-state index < -0.39 is 5.60 Å². The van der Waals surface area contributed by atoms with Gasteiger partial charge < -0.3 is 14.3 Å². The summed E-state index contributed by atoms with van der Waals surface area (Å²) in [6.07, 6.45) is 9.41. The number of benzene rings is 2. The molecule has 34 heavy (non-hydrogen) atoms. The van der Waals surface area contributed by atoms with Crippen molar-refractivity contribution in [3.63, 3.8) is 0 Å². The predicted octanol–water partition coefficient (Wildman–Crippen LogP) is 7.50. The van der Waals surface area contributed by atoms with Gasteiger partial charge in [-0.15, -0.1) is 0 Å². The Morgan fingerprint density at radius 1 is 1.12 bits per heavy atom. The number of aldehydes is 1. The summed E-state index contributed by atoms with van der Waals surface area (Å²) in [6, 6.07) is 13.9. The Morgan fingerprint density at radius 3 is 2.65 bits per heavy atom. The van der Waals surface area contributed by atoms with Crippen molar-refractivity contribution >= 4 is 29.5 Å². The average Bonchev–Trinajstić information content (AvgIpc) is 3.77. The van der Waals surface area contributed by atoms with Crippen molar-refractivity contribution in [2.75, 3.05) is 0 Å². The van der Waals surface area contributed by atoms with Crippen molar-refractivity contribution < 1.29 is 14.3 Å². The van der Waals surface area contributed by atoms with Crippen LogP contribution in [0.4, 0.5) is 0 Å². The van der Waals surface area contributed by atoms with E-state index >= 15 is 0 Å². The lowest BCUT2D eigenvalue weighted by Gasteiger charge is -2.22. The molecule has 0 amide bonds. The molecule has 0 N–H and O–H groups in total. The number of carbonyl (C=O) groups is 1. The highest BCUT2D eigenvalue weighted by Gasteiger charge is 2.47. The molecule has 176 valence electrons. The van der Waals surface area contributed by atoms with Crippen LogP contribution < -0.4 is 4.74 Å². The molecule has 1 unspecified atom stereocenters. The summed E-state index contributed by atoms with van der Waals surface area (Å²) in [5.74, 6) is 0.922. The Hall–Kier alpha value is -2.40. The van der Waals surface area contributed by atoms with Gasteiger partial charge in [-0.25, -0.2) is 0 Å². The summed E-state index contributed by atoms with van der Waals surface area (Å²) in [5.41, 5.74) is 4.53. The smallest absolute Gasteiger partial charge is 0.127 e. The Morgan fingerprint density at radius 2 is 1.91 bits per heavy atom. The monoisotopic (exact) mass is 495 g/mol.